The van der Waals surface area contributed by atoms with Crippen LogP contribution >= 0.6 is 0 Å². The van der Waals surface area contributed by atoms with Crippen LogP contribution in [0.25, 0.3) is 67.0 Å². The van der Waals surface area contributed by atoms with Gasteiger partial charge >= 0.3 is 0 Å². The van der Waals surface area contributed by atoms with Crippen LogP contribution in [0.1, 0.15) is 25.0 Å². The minimum Gasteiger partial charge on any atom is -0.453 e. The first-order valence-electron chi connectivity index (χ1n) is 15.9. The Morgan fingerprint density at radius 3 is 1.85 bits per heavy atom. The first-order chi connectivity index (χ1) is 23.0. The lowest BCUT2D eigenvalue weighted by Gasteiger charge is -2.34. The summed E-state index contributed by atoms with van der Waals surface area (Å²) in [5.74, 6) is 2.32. The number of hydrogen-bond acceptors (Lipinski definition) is 4. The number of hydrogen-bond donors (Lipinski definition) is 0. The van der Waals surface area contributed by atoms with Gasteiger partial charge in [0, 0.05) is 44.0 Å². The van der Waals surface area contributed by atoms with Gasteiger partial charge in [0.05, 0.1) is 11.4 Å². The Morgan fingerprint density at radius 1 is 0.489 bits per heavy atom. The van der Waals surface area contributed by atoms with Crippen LogP contribution in [-0.2, 0) is 5.41 Å². The summed E-state index contributed by atoms with van der Waals surface area (Å²) in [6.45, 7) is 4.51. The molecule has 2 aromatic heterocycles. The van der Waals surface area contributed by atoms with Crippen molar-refractivity contribution in [3.8, 4) is 56.5 Å². The van der Waals surface area contributed by atoms with Crippen LogP contribution in [0, 0.1) is 0 Å². The number of benzene rings is 6. The van der Waals surface area contributed by atoms with E-state index in [1.165, 1.54) is 0 Å². The molecule has 4 heteroatoms. The quantitative estimate of drug-likeness (QED) is 0.200. The molecule has 0 N–H and O–H groups in total. The largest absolute Gasteiger partial charge is 0.453 e. The first-order valence-corrected chi connectivity index (χ1v) is 15.9. The van der Waals surface area contributed by atoms with Gasteiger partial charge in [0.2, 0.25) is 0 Å². The van der Waals surface area contributed by atoms with Crippen LogP contribution < -0.4 is 4.74 Å². The fourth-order valence-corrected chi connectivity index (χ4v) is 6.84. The van der Waals surface area contributed by atoms with Crippen molar-refractivity contribution in [3.63, 3.8) is 0 Å². The fraction of sp³-hybridized carbons (Fsp3) is 0.0698. The Hall–Kier alpha value is -6.00. The van der Waals surface area contributed by atoms with Gasteiger partial charge in [0.15, 0.2) is 17.2 Å². The summed E-state index contributed by atoms with van der Waals surface area (Å²) in [6, 6.07) is 50.1. The van der Waals surface area contributed by atoms with Crippen LogP contribution in [-0.4, -0.2) is 9.97 Å². The molecule has 0 unspecified atom stereocenters. The Morgan fingerprint density at radius 2 is 1.11 bits per heavy atom. The highest BCUT2D eigenvalue weighted by Crippen LogP contribution is 2.52. The Labute approximate surface area is 273 Å². The molecule has 0 spiro atoms. The number of nitrogens with zero attached hydrogens (tertiary/aromatic N) is 2. The minimum absolute atomic E-state index is 0.268. The predicted molar refractivity (Wildman–Crippen MR) is 190 cm³/mol. The molecule has 0 saturated heterocycles. The van der Waals surface area contributed by atoms with E-state index in [0.717, 1.165) is 83.8 Å². The molecule has 4 nitrogen and oxygen atoms in total. The molecule has 0 fully saturated rings. The molecule has 0 atom stereocenters. The van der Waals surface area contributed by atoms with Gasteiger partial charge in [-0.2, -0.15) is 0 Å². The predicted octanol–water partition coefficient (Wildman–Crippen LogP) is 11.5. The van der Waals surface area contributed by atoms with Crippen LogP contribution in [0.4, 0.5) is 0 Å². The molecule has 1 aliphatic heterocycles. The Kier molecular flexibility index (Phi) is 6.12. The van der Waals surface area contributed by atoms with Crippen LogP contribution in [0.3, 0.4) is 0 Å². The zero-order valence-corrected chi connectivity index (χ0v) is 26.1. The molecular weight excluding hydrogens is 576 g/mol. The second-order valence-corrected chi connectivity index (χ2v) is 12.6. The number of ether oxygens (including phenoxy) is 1. The SMILES string of the molecule is CC1(C)c2ccc(-c3cccc(-c4nc(-c5ccccc5)cc(-c5ccccc5)n4)c3)cc2Oc2c1ccc1c2oc2ccccc21. The molecular formula is C43H30N2O2. The summed E-state index contributed by atoms with van der Waals surface area (Å²) in [5, 5.41) is 2.16. The van der Waals surface area contributed by atoms with Gasteiger partial charge in [-0.15, -0.1) is 0 Å². The number of para-hydroxylation sites is 1. The standard InChI is InChI=1S/C43H30N2O2/c1-43(2)34-22-20-30(25-39(34)47-41-35(43)23-21-33-32-18-9-10-19-38(32)46-40(33)41)29-16-11-17-31(24-29)42-44-36(27-12-5-3-6-13-27)26-37(45-42)28-14-7-4-8-15-28/h3-26H,1-2H3. The molecule has 9 rings (SSSR count). The molecule has 0 saturated carbocycles. The lowest BCUT2D eigenvalue weighted by molar-refractivity contribution is 0.415. The van der Waals surface area contributed by atoms with E-state index in [4.69, 9.17) is 19.1 Å². The average molecular weight is 607 g/mol. The Bertz CT molecular complexity index is 2400. The number of fused-ring (bicyclic) bond motifs is 6. The summed E-state index contributed by atoms with van der Waals surface area (Å²) >= 11 is 0. The zero-order valence-electron chi connectivity index (χ0n) is 26.1. The first kappa shape index (κ1) is 27.3. The zero-order chi connectivity index (χ0) is 31.5. The van der Waals surface area contributed by atoms with Crippen molar-refractivity contribution >= 4 is 21.9 Å². The van der Waals surface area contributed by atoms with E-state index in [1.54, 1.807) is 0 Å². The van der Waals surface area contributed by atoms with Crippen LogP contribution in [0.5, 0.6) is 11.5 Å². The monoisotopic (exact) mass is 606 g/mol. The van der Waals surface area contributed by atoms with Gasteiger partial charge in [-0.3, -0.25) is 0 Å². The lowest BCUT2D eigenvalue weighted by atomic mass is 9.75. The molecule has 0 amide bonds. The van der Waals surface area contributed by atoms with Crippen molar-refractivity contribution in [2.75, 3.05) is 0 Å². The van der Waals surface area contributed by atoms with Gasteiger partial charge in [0.25, 0.3) is 0 Å². The highest BCUT2D eigenvalue weighted by molar-refractivity contribution is 6.07. The highest BCUT2D eigenvalue weighted by Gasteiger charge is 2.36. The maximum Gasteiger partial charge on any atom is 0.178 e. The number of furan rings is 1. The fourth-order valence-electron chi connectivity index (χ4n) is 6.84. The van der Waals surface area contributed by atoms with E-state index in [9.17, 15) is 0 Å². The van der Waals surface area contributed by atoms with Gasteiger partial charge in [-0.1, -0.05) is 129 Å². The van der Waals surface area contributed by atoms with Crippen LogP contribution in [0.2, 0.25) is 0 Å². The van der Waals surface area contributed by atoms with E-state index in [2.05, 4.69) is 105 Å². The summed E-state index contributed by atoms with van der Waals surface area (Å²) in [6.07, 6.45) is 0. The molecule has 3 heterocycles. The maximum atomic E-state index is 6.74. The van der Waals surface area contributed by atoms with Crippen molar-refractivity contribution < 1.29 is 9.15 Å². The van der Waals surface area contributed by atoms with E-state index < -0.39 is 0 Å². The molecule has 1 aliphatic rings. The molecule has 47 heavy (non-hydrogen) atoms. The Balaban J connectivity index is 1.14. The van der Waals surface area contributed by atoms with E-state index >= 15 is 0 Å². The van der Waals surface area contributed by atoms with Crippen molar-refractivity contribution in [3.05, 3.63) is 157 Å². The molecule has 0 bridgehead atoms. The third-order valence-corrected chi connectivity index (χ3v) is 9.36. The summed E-state index contributed by atoms with van der Waals surface area (Å²) in [7, 11) is 0. The summed E-state index contributed by atoms with van der Waals surface area (Å²) in [4.78, 5) is 10.1. The number of aromatic nitrogens is 2. The maximum absolute atomic E-state index is 6.74. The highest BCUT2D eigenvalue weighted by atomic mass is 16.5. The smallest absolute Gasteiger partial charge is 0.178 e. The summed E-state index contributed by atoms with van der Waals surface area (Å²) in [5.41, 5.74) is 10.6. The molecule has 224 valence electrons. The molecule has 0 aliphatic carbocycles. The minimum atomic E-state index is -0.268. The van der Waals surface area contributed by atoms with Gasteiger partial charge in [0.1, 0.15) is 11.3 Å². The third-order valence-electron chi connectivity index (χ3n) is 9.36. The second-order valence-electron chi connectivity index (χ2n) is 12.6. The van der Waals surface area contributed by atoms with Crippen LogP contribution in [0.15, 0.2) is 150 Å². The van der Waals surface area contributed by atoms with E-state index in [0.29, 0.717) is 5.82 Å². The number of rotatable bonds is 4. The second kappa shape index (κ2) is 10.5. The topological polar surface area (TPSA) is 48.2 Å². The lowest BCUT2D eigenvalue weighted by Crippen LogP contribution is -2.24. The van der Waals surface area contributed by atoms with Gasteiger partial charge < -0.3 is 9.15 Å². The molecule has 0 radical (unpaired) electrons. The van der Waals surface area contributed by atoms with E-state index in [-0.39, 0.29) is 5.41 Å². The molecule has 8 aromatic rings. The summed E-state index contributed by atoms with van der Waals surface area (Å²) < 4.78 is 13.1. The average Bonchev–Trinajstić information content (AvgIpc) is 3.51. The van der Waals surface area contributed by atoms with Crippen molar-refractivity contribution in [1.29, 1.82) is 0 Å². The van der Waals surface area contributed by atoms with Gasteiger partial charge in [-0.25, -0.2) is 9.97 Å². The van der Waals surface area contributed by atoms with Crippen molar-refractivity contribution in [1.82, 2.24) is 9.97 Å². The van der Waals surface area contributed by atoms with Crippen molar-refractivity contribution in [2.24, 2.45) is 0 Å². The third kappa shape index (κ3) is 4.52. The molecule has 6 aromatic carbocycles. The van der Waals surface area contributed by atoms with Gasteiger partial charge in [-0.05, 0) is 41.5 Å². The normalized spacial score (nSPS) is 13.2. The van der Waals surface area contributed by atoms with E-state index in [1.807, 2.05) is 54.6 Å². The van der Waals surface area contributed by atoms with Crippen molar-refractivity contribution in [2.45, 2.75) is 19.3 Å².